The van der Waals surface area contributed by atoms with Crippen molar-refractivity contribution in [3.63, 3.8) is 0 Å². The van der Waals surface area contributed by atoms with Crippen LogP contribution in [0.2, 0.25) is 0 Å². The van der Waals surface area contributed by atoms with E-state index in [4.69, 9.17) is 0 Å². The maximum Gasteiger partial charge on any atom is 0.253 e. The van der Waals surface area contributed by atoms with E-state index in [1.165, 1.54) is 63.3 Å². The number of hydrazine groups is 1. The maximum atomic E-state index is 13.8. The number of rotatable bonds is 18. The van der Waals surface area contributed by atoms with E-state index < -0.39 is 49.3 Å². The molecular formula is C31H49N5O8S2. The first-order chi connectivity index (χ1) is 21.5. The molecule has 0 spiro atoms. The first-order valence-electron chi connectivity index (χ1n) is 15.4. The molecule has 2 aromatic carbocycles. The standard InChI is InChI=1S/C31H49N5O8S2/c1-8-15-35(16-9-2)31(40)25-18-24(19-27(20-25)46(43,44)34(6)7)30(39)32-28(17-23-11-13-26(37)14-12-23)29(38)21-36(10-3)33-45(41,42)22(4)5/h11-14,18-20,22,28-29,33,37-38H,8-10,15-17,21H2,1-7H3,(H,32,39). The van der Waals surface area contributed by atoms with Crippen LogP contribution in [0.3, 0.4) is 0 Å². The van der Waals surface area contributed by atoms with Crippen molar-refractivity contribution in [2.45, 2.75) is 76.2 Å². The topological polar surface area (TPSA) is 177 Å². The lowest BCUT2D eigenvalue weighted by Crippen LogP contribution is -2.54. The van der Waals surface area contributed by atoms with E-state index in [0.29, 0.717) is 31.5 Å². The minimum Gasteiger partial charge on any atom is -0.508 e. The Labute approximate surface area is 273 Å². The van der Waals surface area contributed by atoms with Crippen LogP contribution < -0.4 is 10.1 Å². The summed E-state index contributed by atoms with van der Waals surface area (Å²) in [5.41, 5.74) is 0.586. The van der Waals surface area contributed by atoms with E-state index in [9.17, 15) is 36.6 Å². The van der Waals surface area contributed by atoms with Gasteiger partial charge in [0.1, 0.15) is 5.75 Å². The molecule has 0 saturated carbocycles. The number of hydrogen-bond donors (Lipinski definition) is 4. The summed E-state index contributed by atoms with van der Waals surface area (Å²) in [7, 11) is -5.06. The van der Waals surface area contributed by atoms with Crippen molar-refractivity contribution in [2.75, 3.05) is 40.3 Å². The van der Waals surface area contributed by atoms with Gasteiger partial charge in [-0.25, -0.2) is 26.1 Å². The molecule has 2 amide bonds. The van der Waals surface area contributed by atoms with Crippen LogP contribution in [-0.2, 0) is 26.5 Å². The van der Waals surface area contributed by atoms with E-state index >= 15 is 0 Å². The molecule has 2 unspecified atom stereocenters. The van der Waals surface area contributed by atoms with Crippen molar-refractivity contribution in [1.29, 1.82) is 0 Å². The predicted molar refractivity (Wildman–Crippen MR) is 177 cm³/mol. The lowest BCUT2D eigenvalue weighted by molar-refractivity contribution is 0.0634. The van der Waals surface area contributed by atoms with Crippen LogP contribution in [0.15, 0.2) is 47.4 Å². The minimum absolute atomic E-state index is 0.0291. The van der Waals surface area contributed by atoms with Gasteiger partial charge in [0.15, 0.2) is 0 Å². The Kier molecular flexibility index (Phi) is 14.6. The zero-order valence-corrected chi connectivity index (χ0v) is 29.4. The molecule has 13 nitrogen and oxygen atoms in total. The Morgan fingerprint density at radius 2 is 1.46 bits per heavy atom. The molecule has 0 aliphatic carbocycles. The summed E-state index contributed by atoms with van der Waals surface area (Å²) in [5.74, 6) is -1.12. The first-order valence-corrected chi connectivity index (χ1v) is 18.3. The number of phenolic OH excluding ortho intramolecular Hbond substituents is 1. The highest BCUT2D eigenvalue weighted by Crippen LogP contribution is 2.21. The van der Waals surface area contributed by atoms with Crippen molar-refractivity contribution in [3.05, 3.63) is 59.2 Å². The Hall–Kier alpha value is -3.08. The third-order valence-electron chi connectivity index (χ3n) is 7.31. The Bertz CT molecular complexity index is 1520. The largest absolute Gasteiger partial charge is 0.508 e. The third kappa shape index (κ3) is 10.7. The van der Waals surface area contributed by atoms with Crippen LogP contribution in [0.1, 0.15) is 73.7 Å². The zero-order chi connectivity index (χ0) is 34.8. The molecule has 2 rings (SSSR count). The van der Waals surface area contributed by atoms with Crippen molar-refractivity contribution in [2.24, 2.45) is 0 Å². The van der Waals surface area contributed by atoms with Crippen LogP contribution in [0.25, 0.3) is 0 Å². The van der Waals surface area contributed by atoms with Gasteiger partial charge in [-0.05, 0) is 69.0 Å². The highest BCUT2D eigenvalue weighted by atomic mass is 32.2. The number of nitrogens with zero attached hydrogens (tertiary/aromatic N) is 3. The number of benzene rings is 2. The lowest BCUT2D eigenvalue weighted by Gasteiger charge is -2.30. The second-order valence-electron chi connectivity index (χ2n) is 11.6. The lowest BCUT2D eigenvalue weighted by atomic mass is 10.00. The van der Waals surface area contributed by atoms with E-state index in [2.05, 4.69) is 10.1 Å². The second-order valence-corrected chi connectivity index (χ2v) is 15.9. The number of nitrogens with one attached hydrogen (secondary N) is 2. The molecule has 0 radical (unpaired) electrons. The van der Waals surface area contributed by atoms with Crippen LogP contribution in [0, 0.1) is 0 Å². The summed E-state index contributed by atoms with van der Waals surface area (Å²) in [5, 5.41) is 24.5. The molecule has 258 valence electrons. The van der Waals surface area contributed by atoms with Crippen molar-refractivity contribution >= 4 is 31.9 Å². The Morgan fingerprint density at radius 3 is 1.96 bits per heavy atom. The fourth-order valence-electron chi connectivity index (χ4n) is 4.54. The molecule has 0 saturated heterocycles. The number of carbonyl (C=O) groups is 2. The van der Waals surface area contributed by atoms with Gasteiger partial charge in [0, 0.05) is 51.4 Å². The van der Waals surface area contributed by atoms with Crippen LogP contribution in [0.4, 0.5) is 0 Å². The van der Waals surface area contributed by atoms with Gasteiger partial charge in [-0.15, -0.1) is 4.83 Å². The summed E-state index contributed by atoms with van der Waals surface area (Å²) in [6, 6.07) is 8.96. The zero-order valence-electron chi connectivity index (χ0n) is 27.7. The predicted octanol–water partition coefficient (Wildman–Crippen LogP) is 2.17. The number of aliphatic hydroxyl groups is 1. The summed E-state index contributed by atoms with van der Waals surface area (Å²) < 4.78 is 52.3. The highest BCUT2D eigenvalue weighted by molar-refractivity contribution is 7.90. The van der Waals surface area contributed by atoms with E-state index in [1.807, 2.05) is 13.8 Å². The van der Waals surface area contributed by atoms with E-state index in [1.54, 1.807) is 24.0 Å². The highest BCUT2D eigenvalue weighted by Gasteiger charge is 2.29. The molecule has 0 aliphatic rings. The molecule has 2 aromatic rings. The summed E-state index contributed by atoms with van der Waals surface area (Å²) in [6.07, 6.45) is 0.165. The number of likely N-dealkylation sites (N-methyl/N-ethyl adjacent to an activating group) is 1. The van der Waals surface area contributed by atoms with Gasteiger partial charge in [0.2, 0.25) is 20.0 Å². The molecule has 4 N–H and O–H groups in total. The summed E-state index contributed by atoms with van der Waals surface area (Å²) in [6.45, 7) is 9.53. The first kappa shape index (κ1) is 39.1. The minimum atomic E-state index is -4.04. The molecule has 0 aromatic heterocycles. The van der Waals surface area contributed by atoms with E-state index in [-0.39, 0.29) is 41.3 Å². The number of hydrogen-bond acceptors (Lipinski definition) is 9. The molecule has 0 fully saturated rings. The van der Waals surface area contributed by atoms with Gasteiger partial charge in [0.05, 0.1) is 22.3 Å². The van der Waals surface area contributed by atoms with Crippen LogP contribution in [0.5, 0.6) is 5.75 Å². The SMILES string of the molecule is CCCN(CCC)C(=O)c1cc(C(=O)NC(Cc2ccc(O)cc2)C(O)CN(CC)NS(=O)(=O)C(C)C)cc(S(=O)(=O)N(C)C)c1. The normalized spacial score (nSPS) is 13.6. The molecule has 46 heavy (non-hydrogen) atoms. The molecular weight excluding hydrogens is 635 g/mol. The second kappa shape index (κ2) is 17.2. The molecule has 2 atom stereocenters. The fraction of sp³-hybridized carbons (Fsp3) is 0.548. The van der Waals surface area contributed by atoms with Crippen LogP contribution >= 0.6 is 0 Å². The number of phenols is 1. The van der Waals surface area contributed by atoms with Gasteiger partial charge in [-0.2, -0.15) is 0 Å². The third-order valence-corrected chi connectivity index (χ3v) is 10.9. The van der Waals surface area contributed by atoms with Crippen molar-refractivity contribution in [1.82, 2.24) is 24.4 Å². The number of sulfonamides is 2. The summed E-state index contributed by atoms with van der Waals surface area (Å²) in [4.78, 5) is 31.2. The van der Waals surface area contributed by atoms with Crippen molar-refractivity contribution < 1.29 is 36.6 Å². The van der Waals surface area contributed by atoms with Gasteiger partial charge >= 0.3 is 0 Å². The van der Waals surface area contributed by atoms with E-state index in [0.717, 1.165) is 4.31 Å². The average Bonchev–Trinajstić information content (AvgIpc) is 3.00. The van der Waals surface area contributed by atoms with Crippen molar-refractivity contribution in [3.8, 4) is 5.75 Å². The molecule has 0 aliphatic heterocycles. The van der Waals surface area contributed by atoms with Gasteiger partial charge in [0.25, 0.3) is 11.8 Å². The monoisotopic (exact) mass is 683 g/mol. The van der Waals surface area contributed by atoms with Gasteiger partial charge in [-0.1, -0.05) is 32.9 Å². The van der Waals surface area contributed by atoms with Crippen LogP contribution in [-0.4, -0.2) is 111 Å². The Morgan fingerprint density at radius 1 is 0.891 bits per heavy atom. The smallest absolute Gasteiger partial charge is 0.253 e. The van der Waals surface area contributed by atoms with Gasteiger partial charge < -0.3 is 20.4 Å². The number of aliphatic hydroxyl groups excluding tert-OH is 1. The number of aromatic hydroxyl groups is 1. The summed E-state index contributed by atoms with van der Waals surface area (Å²) >= 11 is 0. The average molecular weight is 684 g/mol. The fourth-order valence-corrected chi connectivity index (χ4v) is 6.29. The molecule has 15 heteroatoms. The molecule has 0 bridgehead atoms. The van der Waals surface area contributed by atoms with Gasteiger partial charge in [-0.3, -0.25) is 9.59 Å². The Balaban J connectivity index is 2.55. The quantitative estimate of drug-likeness (QED) is 0.172. The maximum absolute atomic E-state index is 13.8. The number of carbonyl (C=O) groups excluding carboxylic acids is 2. The molecule has 0 heterocycles. The number of amides is 2.